The highest BCUT2D eigenvalue weighted by atomic mass is 16.2. The molecular formula is C16H19N5O. The molecule has 0 unspecified atom stereocenters. The number of hydrogen-bond acceptors (Lipinski definition) is 4. The Hall–Kier alpha value is -2.21. The third-order valence-electron chi connectivity index (χ3n) is 4.67. The van der Waals surface area contributed by atoms with Crippen LogP contribution in [0.1, 0.15) is 22.0 Å². The number of aromatic nitrogens is 3. The van der Waals surface area contributed by atoms with Gasteiger partial charge in [0, 0.05) is 19.5 Å². The quantitative estimate of drug-likeness (QED) is 0.870. The van der Waals surface area contributed by atoms with Gasteiger partial charge in [0.2, 0.25) is 5.82 Å². The molecule has 6 heteroatoms. The van der Waals surface area contributed by atoms with Gasteiger partial charge in [-0.25, -0.2) is 0 Å². The maximum Gasteiger partial charge on any atom is 0.289 e. The number of rotatable bonds is 3. The molecule has 22 heavy (non-hydrogen) atoms. The molecule has 3 heterocycles. The van der Waals surface area contributed by atoms with Gasteiger partial charge in [-0.15, -0.1) is 10.2 Å². The Morgan fingerprint density at radius 3 is 2.91 bits per heavy atom. The van der Waals surface area contributed by atoms with E-state index in [4.69, 9.17) is 0 Å². The van der Waals surface area contributed by atoms with Crippen molar-refractivity contribution in [3.8, 4) is 0 Å². The first-order chi connectivity index (χ1) is 10.8. The first-order valence-electron chi connectivity index (χ1n) is 7.76. The fraction of sp³-hybridized carbons (Fsp3) is 0.438. The van der Waals surface area contributed by atoms with Crippen LogP contribution in [-0.4, -0.2) is 33.8 Å². The second-order valence-corrected chi connectivity index (χ2v) is 6.10. The van der Waals surface area contributed by atoms with Gasteiger partial charge in [-0.1, -0.05) is 30.3 Å². The van der Waals surface area contributed by atoms with Crippen molar-refractivity contribution in [1.82, 2.24) is 25.4 Å². The third-order valence-corrected chi connectivity index (χ3v) is 4.67. The maximum absolute atomic E-state index is 12.4. The molecule has 1 fully saturated rings. The molecule has 2 aliphatic heterocycles. The molecule has 4 rings (SSSR count). The van der Waals surface area contributed by atoms with Crippen LogP contribution in [0.5, 0.6) is 0 Å². The zero-order chi connectivity index (χ0) is 14.9. The molecule has 1 aromatic carbocycles. The Morgan fingerprint density at radius 2 is 2.05 bits per heavy atom. The second-order valence-electron chi connectivity index (χ2n) is 6.10. The monoisotopic (exact) mass is 297 g/mol. The summed E-state index contributed by atoms with van der Waals surface area (Å²) < 4.78 is 1.99. The number of hydrogen-bond donors (Lipinski definition) is 2. The van der Waals surface area contributed by atoms with E-state index in [1.165, 1.54) is 0 Å². The molecule has 2 atom stereocenters. The molecule has 0 radical (unpaired) electrons. The van der Waals surface area contributed by atoms with Crippen LogP contribution in [0.4, 0.5) is 0 Å². The van der Waals surface area contributed by atoms with E-state index in [1.807, 2.05) is 34.9 Å². The number of benzene rings is 1. The average Bonchev–Trinajstić information content (AvgIpc) is 3.17. The van der Waals surface area contributed by atoms with Gasteiger partial charge in [0.25, 0.3) is 5.91 Å². The molecule has 2 aromatic rings. The largest absolute Gasteiger partial charge is 0.345 e. The van der Waals surface area contributed by atoms with E-state index in [-0.39, 0.29) is 5.91 Å². The number of nitrogens with zero attached hydrogens (tertiary/aromatic N) is 3. The summed E-state index contributed by atoms with van der Waals surface area (Å²) >= 11 is 0. The van der Waals surface area contributed by atoms with E-state index in [0.717, 1.165) is 37.4 Å². The highest BCUT2D eigenvalue weighted by Gasteiger charge is 2.35. The zero-order valence-corrected chi connectivity index (χ0v) is 12.3. The number of carbonyl (C=O) groups excluding carboxylic acids is 1. The van der Waals surface area contributed by atoms with E-state index in [0.29, 0.717) is 24.2 Å². The highest BCUT2D eigenvalue weighted by Crippen LogP contribution is 2.28. The van der Waals surface area contributed by atoms with Gasteiger partial charge in [-0.3, -0.25) is 4.79 Å². The van der Waals surface area contributed by atoms with Crippen molar-refractivity contribution in [2.24, 2.45) is 11.8 Å². The fourth-order valence-corrected chi connectivity index (χ4v) is 3.41. The summed E-state index contributed by atoms with van der Waals surface area (Å²) in [4.78, 5) is 12.4. The molecule has 0 bridgehead atoms. The standard InChI is InChI=1S/C16H19N5O/c22-16(18-7-11-4-2-1-3-5-11)15-20-19-14-6-12-8-17-9-13(12)10-21(14)15/h1-5,12-13,17H,6-10H2,(H,18,22)/t12-,13-/m1/s1. The minimum Gasteiger partial charge on any atom is -0.345 e. The summed E-state index contributed by atoms with van der Waals surface area (Å²) in [5.74, 6) is 2.46. The molecule has 1 amide bonds. The van der Waals surface area contributed by atoms with Crippen LogP contribution < -0.4 is 10.6 Å². The van der Waals surface area contributed by atoms with E-state index >= 15 is 0 Å². The van der Waals surface area contributed by atoms with Crippen molar-refractivity contribution < 1.29 is 4.79 Å². The van der Waals surface area contributed by atoms with Gasteiger partial charge in [-0.2, -0.15) is 0 Å². The van der Waals surface area contributed by atoms with E-state index in [1.54, 1.807) is 0 Å². The number of carbonyl (C=O) groups is 1. The van der Waals surface area contributed by atoms with Gasteiger partial charge in [0.15, 0.2) is 0 Å². The number of amides is 1. The van der Waals surface area contributed by atoms with Crippen LogP contribution in [0.2, 0.25) is 0 Å². The summed E-state index contributed by atoms with van der Waals surface area (Å²) in [5, 5.41) is 14.7. The van der Waals surface area contributed by atoms with E-state index in [2.05, 4.69) is 20.8 Å². The van der Waals surface area contributed by atoms with Gasteiger partial charge in [-0.05, 0) is 30.5 Å². The highest BCUT2D eigenvalue weighted by molar-refractivity contribution is 5.90. The van der Waals surface area contributed by atoms with Gasteiger partial charge >= 0.3 is 0 Å². The molecule has 0 spiro atoms. The van der Waals surface area contributed by atoms with Crippen LogP contribution in [0.15, 0.2) is 30.3 Å². The molecule has 2 N–H and O–H groups in total. The lowest BCUT2D eigenvalue weighted by atomic mass is 9.89. The molecule has 1 aromatic heterocycles. The lowest BCUT2D eigenvalue weighted by Gasteiger charge is -2.25. The van der Waals surface area contributed by atoms with Crippen LogP contribution >= 0.6 is 0 Å². The number of nitrogens with one attached hydrogen (secondary N) is 2. The topological polar surface area (TPSA) is 71.8 Å². The Labute approximate surface area is 128 Å². The van der Waals surface area contributed by atoms with Crippen molar-refractivity contribution in [2.45, 2.75) is 19.5 Å². The van der Waals surface area contributed by atoms with Gasteiger partial charge in [0.05, 0.1) is 0 Å². The van der Waals surface area contributed by atoms with Crippen molar-refractivity contribution in [3.63, 3.8) is 0 Å². The molecule has 6 nitrogen and oxygen atoms in total. The molecule has 0 aliphatic carbocycles. The van der Waals surface area contributed by atoms with Crippen LogP contribution in [0, 0.1) is 11.8 Å². The van der Waals surface area contributed by atoms with Crippen molar-refractivity contribution in [2.75, 3.05) is 13.1 Å². The zero-order valence-electron chi connectivity index (χ0n) is 12.3. The average molecular weight is 297 g/mol. The molecule has 0 saturated carbocycles. The van der Waals surface area contributed by atoms with E-state index < -0.39 is 0 Å². The Morgan fingerprint density at radius 1 is 1.23 bits per heavy atom. The third kappa shape index (κ3) is 2.39. The fourth-order valence-electron chi connectivity index (χ4n) is 3.41. The minimum absolute atomic E-state index is 0.146. The van der Waals surface area contributed by atoms with Crippen LogP contribution in [0.3, 0.4) is 0 Å². The second kappa shape index (κ2) is 5.53. The van der Waals surface area contributed by atoms with Crippen molar-refractivity contribution >= 4 is 5.91 Å². The SMILES string of the molecule is O=C(NCc1ccccc1)c1nnc2n1C[C@H]1CNC[C@H]1C2. The molecule has 114 valence electrons. The Balaban J connectivity index is 1.48. The summed E-state index contributed by atoms with van der Waals surface area (Å²) in [6, 6.07) is 9.89. The predicted octanol–water partition coefficient (Wildman–Crippen LogP) is 0.600. The van der Waals surface area contributed by atoms with Crippen LogP contribution in [-0.2, 0) is 19.5 Å². The summed E-state index contributed by atoms with van der Waals surface area (Å²) in [6.07, 6.45) is 0.913. The lowest BCUT2D eigenvalue weighted by molar-refractivity contribution is 0.0932. The van der Waals surface area contributed by atoms with Crippen molar-refractivity contribution in [3.05, 3.63) is 47.5 Å². The Kier molecular flexibility index (Phi) is 3.38. The molecule has 1 saturated heterocycles. The molecular weight excluding hydrogens is 278 g/mol. The van der Waals surface area contributed by atoms with Gasteiger partial charge in [0.1, 0.15) is 5.82 Å². The summed E-state index contributed by atoms with van der Waals surface area (Å²) in [7, 11) is 0. The van der Waals surface area contributed by atoms with Crippen molar-refractivity contribution in [1.29, 1.82) is 0 Å². The van der Waals surface area contributed by atoms with Crippen LogP contribution in [0.25, 0.3) is 0 Å². The summed E-state index contributed by atoms with van der Waals surface area (Å²) in [6.45, 7) is 3.42. The first-order valence-corrected chi connectivity index (χ1v) is 7.76. The number of fused-ring (bicyclic) bond motifs is 2. The lowest BCUT2D eigenvalue weighted by Crippen LogP contribution is -2.32. The normalized spacial score (nSPS) is 22.9. The summed E-state index contributed by atoms with van der Waals surface area (Å²) in [5.41, 5.74) is 1.08. The molecule has 2 aliphatic rings. The smallest absolute Gasteiger partial charge is 0.289 e. The van der Waals surface area contributed by atoms with E-state index in [9.17, 15) is 4.79 Å². The Bertz CT molecular complexity index is 681. The predicted molar refractivity (Wildman–Crippen MR) is 81.2 cm³/mol. The minimum atomic E-state index is -0.146. The maximum atomic E-state index is 12.4. The first kappa shape index (κ1) is 13.5. The van der Waals surface area contributed by atoms with Gasteiger partial charge < -0.3 is 15.2 Å².